The molecule has 2 heterocycles. The van der Waals surface area contributed by atoms with E-state index in [1.165, 1.54) is 0 Å². The average Bonchev–Trinajstić information content (AvgIpc) is 2.61. The zero-order valence-electron chi connectivity index (χ0n) is 9.12. The lowest BCUT2D eigenvalue weighted by Gasteiger charge is -2.20. The number of rotatable bonds is 3. The van der Waals surface area contributed by atoms with Gasteiger partial charge >= 0.3 is 0 Å². The first-order valence-corrected chi connectivity index (χ1v) is 5.59. The number of aliphatic hydroxyl groups is 1. The van der Waals surface area contributed by atoms with E-state index < -0.39 is 0 Å². The Balaban J connectivity index is 2.11. The predicted octanol–water partition coefficient (Wildman–Crippen LogP) is 0.985. The van der Waals surface area contributed by atoms with Crippen molar-refractivity contribution < 1.29 is 9.52 Å². The zero-order valence-corrected chi connectivity index (χ0v) is 9.12. The molecule has 2 N–H and O–H groups in total. The molecule has 0 amide bonds. The number of aryl methyl sites for hydroxylation is 1. The number of aliphatic hydroxyl groups excluding tert-OH is 1. The minimum Gasteiger partial charge on any atom is -0.446 e. The molecule has 4 nitrogen and oxygen atoms in total. The van der Waals surface area contributed by atoms with E-state index >= 15 is 0 Å². The Kier molecular flexibility index (Phi) is 3.38. The second-order valence-corrected chi connectivity index (χ2v) is 4.05. The van der Waals surface area contributed by atoms with Gasteiger partial charge in [-0.2, -0.15) is 0 Å². The van der Waals surface area contributed by atoms with E-state index in [2.05, 4.69) is 10.3 Å². The van der Waals surface area contributed by atoms with Crippen LogP contribution in [0.15, 0.2) is 4.42 Å². The SMILES string of the molecule is Cc1oc(CCO)nc1C1CCNCC1. The molecule has 1 fully saturated rings. The van der Waals surface area contributed by atoms with Crippen LogP contribution in [-0.2, 0) is 6.42 Å². The maximum Gasteiger partial charge on any atom is 0.196 e. The number of aromatic nitrogens is 1. The lowest BCUT2D eigenvalue weighted by molar-refractivity contribution is 0.284. The van der Waals surface area contributed by atoms with Crippen LogP contribution < -0.4 is 5.32 Å². The van der Waals surface area contributed by atoms with Gasteiger partial charge in [0.25, 0.3) is 0 Å². The van der Waals surface area contributed by atoms with Crippen LogP contribution in [0.5, 0.6) is 0 Å². The van der Waals surface area contributed by atoms with E-state index in [0.717, 1.165) is 37.4 Å². The Labute approximate surface area is 89.7 Å². The largest absolute Gasteiger partial charge is 0.446 e. The topological polar surface area (TPSA) is 58.3 Å². The van der Waals surface area contributed by atoms with Gasteiger partial charge in [0.1, 0.15) is 5.76 Å². The summed E-state index contributed by atoms with van der Waals surface area (Å²) in [6.45, 7) is 4.19. The van der Waals surface area contributed by atoms with Crippen molar-refractivity contribution in [1.29, 1.82) is 0 Å². The van der Waals surface area contributed by atoms with E-state index in [1.54, 1.807) is 0 Å². The molecule has 84 valence electrons. The van der Waals surface area contributed by atoms with Gasteiger partial charge in [-0.3, -0.25) is 0 Å². The number of hydrogen-bond donors (Lipinski definition) is 2. The molecule has 15 heavy (non-hydrogen) atoms. The molecule has 0 unspecified atom stereocenters. The van der Waals surface area contributed by atoms with Crippen molar-refractivity contribution in [3.8, 4) is 0 Å². The molecular weight excluding hydrogens is 192 g/mol. The molecule has 2 rings (SSSR count). The van der Waals surface area contributed by atoms with Gasteiger partial charge < -0.3 is 14.8 Å². The van der Waals surface area contributed by atoms with Crippen LogP contribution in [0.25, 0.3) is 0 Å². The van der Waals surface area contributed by atoms with E-state index in [1.807, 2.05) is 6.92 Å². The summed E-state index contributed by atoms with van der Waals surface area (Å²) in [5, 5.41) is 12.2. The fourth-order valence-electron chi connectivity index (χ4n) is 2.14. The predicted molar refractivity (Wildman–Crippen MR) is 56.9 cm³/mol. The van der Waals surface area contributed by atoms with Crippen LogP contribution in [0.4, 0.5) is 0 Å². The maximum absolute atomic E-state index is 8.82. The van der Waals surface area contributed by atoms with Crippen LogP contribution in [-0.4, -0.2) is 29.8 Å². The van der Waals surface area contributed by atoms with Gasteiger partial charge in [0, 0.05) is 12.3 Å². The van der Waals surface area contributed by atoms with Crippen LogP contribution in [0.2, 0.25) is 0 Å². The van der Waals surface area contributed by atoms with E-state index in [-0.39, 0.29) is 6.61 Å². The third-order valence-corrected chi connectivity index (χ3v) is 2.93. The number of nitrogens with zero attached hydrogens (tertiary/aromatic N) is 1. The van der Waals surface area contributed by atoms with Crippen molar-refractivity contribution >= 4 is 0 Å². The molecule has 0 bridgehead atoms. The van der Waals surface area contributed by atoms with Crippen LogP contribution in [0.1, 0.15) is 36.1 Å². The molecule has 1 aromatic rings. The Morgan fingerprint density at radius 3 is 2.87 bits per heavy atom. The Hall–Kier alpha value is -0.870. The highest BCUT2D eigenvalue weighted by Crippen LogP contribution is 2.27. The van der Waals surface area contributed by atoms with Gasteiger partial charge in [-0.05, 0) is 32.9 Å². The molecule has 1 saturated heterocycles. The second kappa shape index (κ2) is 4.77. The van der Waals surface area contributed by atoms with E-state index in [9.17, 15) is 0 Å². The van der Waals surface area contributed by atoms with Gasteiger partial charge in [0.15, 0.2) is 5.89 Å². The van der Waals surface area contributed by atoms with Gasteiger partial charge in [-0.25, -0.2) is 4.98 Å². The fraction of sp³-hybridized carbons (Fsp3) is 0.727. The quantitative estimate of drug-likeness (QED) is 0.781. The van der Waals surface area contributed by atoms with Crippen molar-refractivity contribution in [3.63, 3.8) is 0 Å². The first-order chi connectivity index (χ1) is 7.31. The fourth-order valence-corrected chi connectivity index (χ4v) is 2.14. The average molecular weight is 210 g/mol. The first kappa shape index (κ1) is 10.6. The molecule has 0 aliphatic carbocycles. The Bertz CT molecular complexity index is 316. The molecule has 0 spiro atoms. The third kappa shape index (κ3) is 2.38. The van der Waals surface area contributed by atoms with Gasteiger partial charge in [0.05, 0.1) is 12.3 Å². The maximum atomic E-state index is 8.82. The third-order valence-electron chi connectivity index (χ3n) is 2.93. The smallest absolute Gasteiger partial charge is 0.196 e. The Morgan fingerprint density at radius 2 is 2.20 bits per heavy atom. The Morgan fingerprint density at radius 1 is 1.47 bits per heavy atom. The summed E-state index contributed by atoms with van der Waals surface area (Å²) in [6, 6.07) is 0. The van der Waals surface area contributed by atoms with Gasteiger partial charge in [-0.15, -0.1) is 0 Å². The first-order valence-electron chi connectivity index (χ1n) is 5.59. The van der Waals surface area contributed by atoms with Crippen LogP contribution >= 0.6 is 0 Å². The molecular formula is C11H18N2O2. The molecule has 0 atom stereocenters. The monoisotopic (exact) mass is 210 g/mol. The lowest BCUT2D eigenvalue weighted by Crippen LogP contribution is -2.27. The summed E-state index contributed by atoms with van der Waals surface area (Å²) in [4.78, 5) is 4.47. The van der Waals surface area contributed by atoms with Crippen LogP contribution in [0, 0.1) is 6.92 Å². The van der Waals surface area contributed by atoms with Crippen LogP contribution in [0.3, 0.4) is 0 Å². The zero-order chi connectivity index (χ0) is 10.7. The molecule has 1 aliphatic rings. The highest BCUT2D eigenvalue weighted by molar-refractivity contribution is 5.15. The second-order valence-electron chi connectivity index (χ2n) is 4.05. The van der Waals surface area contributed by atoms with Crippen molar-refractivity contribution in [2.75, 3.05) is 19.7 Å². The molecule has 0 saturated carbocycles. The summed E-state index contributed by atoms with van der Waals surface area (Å²) in [7, 11) is 0. The van der Waals surface area contributed by atoms with Crippen molar-refractivity contribution in [3.05, 3.63) is 17.3 Å². The summed E-state index contributed by atoms with van der Waals surface area (Å²) in [5.74, 6) is 2.12. The normalized spacial score (nSPS) is 18.3. The van der Waals surface area contributed by atoms with Gasteiger partial charge in [0.2, 0.25) is 0 Å². The number of nitrogens with one attached hydrogen (secondary N) is 1. The molecule has 1 aromatic heterocycles. The molecule has 0 radical (unpaired) electrons. The number of hydrogen-bond acceptors (Lipinski definition) is 4. The molecule has 1 aliphatic heterocycles. The van der Waals surface area contributed by atoms with E-state index in [0.29, 0.717) is 18.2 Å². The summed E-state index contributed by atoms with van der Waals surface area (Å²) >= 11 is 0. The standard InChI is InChI=1S/C11H18N2O2/c1-8-11(9-2-5-12-6-3-9)13-10(15-8)4-7-14/h9,12,14H,2-7H2,1H3. The highest BCUT2D eigenvalue weighted by atomic mass is 16.4. The summed E-state index contributed by atoms with van der Waals surface area (Å²) in [5.41, 5.74) is 1.10. The summed E-state index contributed by atoms with van der Waals surface area (Å²) in [6.07, 6.45) is 2.78. The number of oxazole rings is 1. The van der Waals surface area contributed by atoms with Crippen molar-refractivity contribution in [2.45, 2.75) is 32.1 Å². The molecule has 4 heteroatoms. The van der Waals surface area contributed by atoms with Gasteiger partial charge in [-0.1, -0.05) is 0 Å². The lowest BCUT2D eigenvalue weighted by atomic mass is 9.94. The van der Waals surface area contributed by atoms with E-state index in [4.69, 9.17) is 9.52 Å². The van der Waals surface area contributed by atoms with Crippen molar-refractivity contribution in [1.82, 2.24) is 10.3 Å². The minimum atomic E-state index is 0.103. The van der Waals surface area contributed by atoms with Crippen molar-refractivity contribution in [2.24, 2.45) is 0 Å². The number of piperidine rings is 1. The highest BCUT2D eigenvalue weighted by Gasteiger charge is 2.21. The minimum absolute atomic E-state index is 0.103. The summed E-state index contributed by atoms with van der Waals surface area (Å²) < 4.78 is 5.52. The molecule has 0 aromatic carbocycles.